The smallest absolute Gasteiger partial charge is 0.231 e. The summed E-state index contributed by atoms with van der Waals surface area (Å²) >= 11 is 6.74. The number of halogens is 3. The highest BCUT2D eigenvalue weighted by Crippen LogP contribution is 2.49. The zero-order valence-corrected chi connectivity index (χ0v) is 17.6. The molecule has 4 N–H and O–H groups in total. The van der Waals surface area contributed by atoms with Crippen LogP contribution in [0.15, 0.2) is 37.1 Å². The fourth-order valence-corrected chi connectivity index (χ4v) is 5.72. The van der Waals surface area contributed by atoms with Gasteiger partial charge in [-0.1, -0.05) is 6.07 Å². The normalized spacial score (nSPS) is 36.2. The summed E-state index contributed by atoms with van der Waals surface area (Å²) in [6.07, 6.45) is 4.68. The number of amides is 1. The molecule has 4 heterocycles. The molecule has 2 aliphatic carbocycles. The Balaban J connectivity index is 1.30. The molecule has 8 nitrogen and oxygen atoms in total. The second-order valence-electron chi connectivity index (χ2n) is 8.86. The third-order valence-electron chi connectivity index (χ3n) is 6.94. The van der Waals surface area contributed by atoms with Gasteiger partial charge in [-0.05, 0) is 24.0 Å². The number of imidazole rings is 2. The van der Waals surface area contributed by atoms with Gasteiger partial charge in [-0.15, -0.1) is 11.6 Å². The molecular formula is C21H22ClF2N7O. The standard InChI is InChI=1S/C21H22ClF2N7O/c22-18-16(11-4-27-30-20(11)17(19(18)24)13-5-25-8-26-13)9-1-2-15-28-14(7-31(15)6-9)29-21(32)10-3-12(10)23/h1-2,5-8,10-12,16-20,27,30H,3-4H2,(H,25,26)(H,29,32)/t10-,11?,12+,16?,17?,18?,19?,20?/m1/s1. The molecule has 3 aliphatic rings. The molecule has 168 valence electrons. The van der Waals surface area contributed by atoms with Crippen molar-refractivity contribution in [1.82, 2.24) is 30.2 Å². The molecule has 2 saturated carbocycles. The van der Waals surface area contributed by atoms with E-state index < -0.39 is 29.6 Å². The number of pyridine rings is 1. The van der Waals surface area contributed by atoms with Crippen LogP contribution in [0.25, 0.3) is 5.65 Å². The molecule has 11 heteroatoms. The number of carbonyl (C=O) groups excluding carboxylic acids is 1. The molecule has 6 unspecified atom stereocenters. The molecule has 3 aromatic heterocycles. The highest BCUT2D eigenvalue weighted by atomic mass is 35.5. The molecule has 0 bridgehead atoms. The van der Waals surface area contributed by atoms with E-state index in [1.807, 2.05) is 18.3 Å². The van der Waals surface area contributed by atoms with Crippen LogP contribution >= 0.6 is 11.6 Å². The lowest BCUT2D eigenvalue weighted by molar-refractivity contribution is -0.117. The number of hydrogen-bond donors (Lipinski definition) is 4. The Hall–Kier alpha value is -2.56. The molecule has 0 aromatic carbocycles. The minimum absolute atomic E-state index is 0.0642. The number of aromatic amines is 1. The van der Waals surface area contributed by atoms with Crippen LogP contribution in [-0.2, 0) is 4.79 Å². The van der Waals surface area contributed by atoms with Gasteiger partial charge in [0.05, 0.1) is 29.7 Å². The first-order chi connectivity index (χ1) is 15.5. The van der Waals surface area contributed by atoms with Crippen LogP contribution in [0.2, 0.25) is 0 Å². The zero-order valence-electron chi connectivity index (χ0n) is 16.9. The van der Waals surface area contributed by atoms with Gasteiger partial charge in [0.2, 0.25) is 5.91 Å². The van der Waals surface area contributed by atoms with E-state index in [4.69, 9.17) is 11.6 Å². The number of alkyl halides is 3. The maximum Gasteiger partial charge on any atom is 0.231 e. The Morgan fingerprint density at radius 3 is 2.84 bits per heavy atom. The van der Waals surface area contributed by atoms with Crippen molar-refractivity contribution < 1.29 is 13.6 Å². The van der Waals surface area contributed by atoms with Crippen molar-refractivity contribution in [3.8, 4) is 0 Å². The minimum Gasteiger partial charge on any atom is -0.348 e. The van der Waals surface area contributed by atoms with E-state index in [1.54, 1.807) is 23.1 Å². The summed E-state index contributed by atoms with van der Waals surface area (Å²) in [6, 6.07) is 3.58. The molecule has 8 atom stereocenters. The van der Waals surface area contributed by atoms with Gasteiger partial charge in [0.25, 0.3) is 0 Å². The molecule has 3 fully saturated rings. The van der Waals surface area contributed by atoms with Gasteiger partial charge in [0, 0.05) is 36.6 Å². The quantitative estimate of drug-likeness (QED) is 0.447. The van der Waals surface area contributed by atoms with Crippen molar-refractivity contribution in [2.24, 2.45) is 11.8 Å². The molecule has 1 saturated heterocycles. The Kier molecular flexibility index (Phi) is 4.70. The summed E-state index contributed by atoms with van der Waals surface area (Å²) in [4.78, 5) is 23.5. The van der Waals surface area contributed by atoms with Crippen LogP contribution in [0.5, 0.6) is 0 Å². The number of nitrogens with zero attached hydrogens (tertiary/aromatic N) is 3. The zero-order chi connectivity index (χ0) is 22.0. The Morgan fingerprint density at radius 1 is 1.25 bits per heavy atom. The second-order valence-corrected chi connectivity index (χ2v) is 9.37. The van der Waals surface area contributed by atoms with E-state index in [0.717, 1.165) is 11.3 Å². The van der Waals surface area contributed by atoms with E-state index in [-0.39, 0.29) is 30.2 Å². The number of rotatable bonds is 4. The predicted octanol–water partition coefficient (Wildman–Crippen LogP) is 2.27. The van der Waals surface area contributed by atoms with Crippen LogP contribution in [-0.4, -0.2) is 55.6 Å². The van der Waals surface area contributed by atoms with Crippen molar-refractivity contribution >= 4 is 29.0 Å². The van der Waals surface area contributed by atoms with Crippen molar-refractivity contribution in [3.63, 3.8) is 0 Å². The number of nitrogens with one attached hydrogen (secondary N) is 4. The fraction of sp³-hybridized carbons (Fsp3) is 0.476. The van der Waals surface area contributed by atoms with E-state index in [0.29, 0.717) is 18.0 Å². The highest BCUT2D eigenvalue weighted by molar-refractivity contribution is 6.21. The molecule has 32 heavy (non-hydrogen) atoms. The third-order valence-corrected chi connectivity index (χ3v) is 7.46. The van der Waals surface area contributed by atoms with Crippen molar-refractivity contribution in [2.75, 3.05) is 11.9 Å². The maximum atomic E-state index is 15.6. The molecule has 1 amide bonds. The van der Waals surface area contributed by atoms with Crippen molar-refractivity contribution in [2.45, 2.75) is 42.0 Å². The van der Waals surface area contributed by atoms with E-state index >= 15 is 4.39 Å². The molecule has 6 rings (SSSR count). The lowest BCUT2D eigenvalue weighted by Crippen LogP contribution is -2.52. The first kappa shape index (κ1) is 20.1. The third kappa shape index (κ3) is 3.20. The minimum atomic E-state index is -1.28. The maximum absolute atomic E-state index is 15.6. The lowest BCUT2D eigenvalue weighted by atomic mass is 9.67. The van der Waals surface area contributed by atoms with Crippen LogP contribution < -0.4 is 16.2 Å². The molecular weight excluding hydrogens is 440 g/mol. The van der Waals surface area contributed by atoms with E-state index in [2.05, 4.69) is 31.1 Å². The number of anilines is 1. The van der Waals surface area contributed by atoms with Crippen LogP contribution in [0, 0.1) is 11.8 Å². The molecule has 0 spiro atoms. The van der Waals surface area contributed by atoms with E-state index in [9.17, 15) is 9.18 Å². The topological polar surface area (TPSA) is 99.1 Å². The molecule has 1 aliphatic heterocycles. The largest absolute Gasteiger partial charge is 0.348 e. The number of aromatic nitrogens is 4. The molecule has 0 radical (unpaired) electrons. The first-order valence-electron chi connectivity index (χ1n) is 10.7. The van der Waals surface area contributed by atoms with Gasteiger partial charge in [0.15, 0.2) is 5.82 Å². The van der Waals surface area contributed by atoms with Gasteiger partial charge >= 0.3 is 0 Å². The first-order valence-corrected chi connectivity index (χ1v) is 11.1. The van der Waals surface area contributed by atoms with Gasteiger partial charge in [0.1, 0.15) is 18.0 Å². The van der Waals surface area contributed by atoms with Crippen LogP contribution in [0.3, 0.4) is 0 Å². The Labute approximate surface area is 187 Å². The summed E-state index contributed by atoms with van der Waals surface area (Å²) in [5.41, 5.74) is 8.66. The Morgan fingerprint density at radius 2 is 2.09 bits per heavy atom. The highest BCUT2D eigenvalue weighted by Gasteiger charge is 2.53. The number of H-pyrrole nitrogens is 1. The lowest BCUT2D eigenvalue weighted by Gasteiger charge is -2.43. The fourth-order valence-electron chi connectivity index (χ4n) is 5.23. The van der Waals surface area contributed by atoms with E-state index in [1.165, 1.54) is 0 Å². The van der Waals surface area contributed by atoms with Crippen LogP contribution in [0.1, 0.15) is 29.5 Å². The van der Waals surface area contributed by atoms with Gasteiger partial charge < -0.3 is 14.7 Å². The number of hydrogen-bond acceptors (Lipinski definition) is 5. The summed E-state index contributed by atoms with van der Waals surface area (Å²) in [5.74, 6) is -1.18. The number of hydrazine groups is 1. The second kappa shape index (κ2) is 7.50. The van der Waals surface area contributed by atoms with Gasteiger partial charge in [-0.2, -0.15) is 0 Å². The number of fused-ring (bicyclic) bond motifs is 2. The van der Waals surface area contributed by atoms with Crippen molar-refractivity contribution in [3.05, 3.63) is 48.3 Å². The number of carbonyl (C=O) groups is 1. The SMILES string of the molecule is O=C(Nc1cn2cc(C3C(Cl)C(F)C(c4cnc[nH]4)C4NNCC43)ccc2n1)[C@@H]1C[C@@H]1F. The predicted molar refractivity (Wildman–Crippen MR) is 114 cm³/mol. The summed E-state index contributed by atoms with van der Waals surface area (Å²) in [6.45, 7) is 0.658. The van der Waals surface area contributed by atoms with Gasteiger partial charge in [-0.3, -0.25) is 15.6 Å². The Bertz CT molecular complexity index is 1150. The summed E-state index contributed by atoms with van der Waals surface area (Å²) in [5, 5.41) is 1.94. The van der Waals surface area contributed by atoms with Gasteiger partial charge in [-0.25, -0.2) is 18.7 Å². The average molecular weight is 462 g/mol. The van der Waals surface area contributed by atoms with Crippen LogP contribution in [0.4, 0.5) is 14.6 Å². The monoisotopic (exact) mass is 461 g/mol. The summed E-state index contributed by atoms with van der Waals surface area (Å²) in [7, 11) is 0. The summed E-state index contributed by atoms with van der Waals surface area (Å²) < 4.78 is 30.5. The van der Waals surface area contributed by atoms with Crippen molar-refractivity contribution in [1.29, 1.82) is 0 Å². The molecule has 3 aromatic rings. The average Bonchev–Trinajstić information content (AvgIpc) is 3.21.